The minimum Gasteiger partial charge on any atom is -0.490 e. The third kappa shape index (κ3) is 2.17. The number of hydrogen-bond acceptors (Lipinski definition) is 2. The molecule has 3 rings (SSSR count). The second-order valence-electron chi connectivity index (χ2n) is 4.88. The summed E-state index contributed by atoms with van der Waals surface area (Å²) in [6.07, 6.45) is 4.32. The van der Waals surface area contributed by atoms with E-state index >= 15 is 0 Å². The van der Waals surface area contributed by atoms with Crippen molar-refractivity contribution in [2.45, 2.75) is 38.2 Å². The van der Waals surface area contributed by atoms with Crippen LogP contribution >= 0.6 is 11.6 Å². The van der Waals surface area contributed by atoms with Gasteiger partial charge in [-0.25, -0.2) is 0 Å². The summed E-state index contributed by atoms with van der Waals surface area (Å²) >= 11 is 5.89. The average molecular weight is 263 g/mol. The zero-order valence-electron chi connectivity index (χ0n) is 10.1. The van der Waals surface area contributed by atoms with Crippen LogP contribution in [-0.2, 0) is 9.53 Å². The van der Waals surface area contributed by atoms with Gasteiger partial charge < -0.3 is 4.74 Å². The molecule has 94 valence electrons. The number of benzene rings is 1. The van der Waals surface area contributed by atoms with Crippen molar-refractivity contribution in [3.63, 3.8) is 0 Å². The molecular formula is C15H15ClO2. The van der Waals surface area contributed by atoms with Crippen LogP contribution < -0.4 is 0 Å². The molecule has 1 atom stereocenters. The van der Waals surface area contributed by atoms with Gasteiger partial charge in [-0.3, -0.25) is 4.79 Å². The Morgan fingerprint density at radius 2 is 1.89 bits per heavy atom. The molecule has 0 saturated carbocycles. The largest absolute Gasteiger partial charge is 0.490 e. The lowest BCUT2D eigenvalue weighted by molar-refractivity contribution is -0.117. The molecule has 1 aromatic carbocycles. The van der Waals surface area contributed by atoms with Crippen LogP contribution in [0.2, 0.25) is 5.02 Å². The van der Waals surface area contributed by atoms with Crippen LogP contribution in [0.4, 0.5) is 0 Å². The van der Waals surface area contributed by atoms with E-state index in [1.165, 1.54) is 0 Å². The van der Waals surface area contributed by atoms with Crippen LogP contribution in [0.15, 0.2) is 35.6 Å². The molecule has 0 bridgehead atoms. The first-order chi connectivity index (χ1) is 8.74. The van der Waals surface area contributed by atoms with E-state index in [1.807, 2.05) is 24.3 Å². The number of carbonyl (C=O) groups is 1. The molecule has 1 heterocycles. The van der Waals surface area contributed by atoms with E-state index in [0.29, 0.717) is 6.42 Å². The topological polar surface area (TPSA) is 26.3 Å². The summed E-state index contributed by atoms with van der Waals surface area (Å²) in [6.45, 7) is 0. The summed E-state index contributed by atoms with van der Waals surface area (Å²) in [5.41, 5.74) is 2.08. The zero-order valence-corrected chi connectivity index (χ0v) is 10.9. The first-order valence-corrected chi connectivity index (χ1v) is 6.79. The zero-order chi connectivity index (χ0) is 12.5. The summed E-state index contributed by atoms with van der Waals surface area (Å²) in [5, 5.41) is 0.738. The smallest absolute Gasteiger partial charge is 0.162 e. The molecule has 1 aromatic rings. The van der Waals surface area contributed by atoms with E-state index in [9.17, 15) is 4.79 Å². The number of carbonyl (C=O) groups excluding carboxylic acids is 1. The second-order valence-corrected chi connectivity index (χ2v) is 5.31. The van der Waals surface area contributed by atoms with Crippen molar-refractivity contribution in [1.29, 1.82) is 0 Å². The molecule has 0 radical (unpaired) electrons. The normalized spacial score (nSPS) is 23.6. The van der Waals surface area contributed by atoms with Gasteiger partial charge in [0.2, 0.25) is 0 Å². The van der Waals surface area contributed by atoms with Gasteiger partial charge in [0.25, 0.3) is 0 Å². The van der Waals surface area contributed by atoms with Crippen molar-refractivity contribution in [2.24, 2.45) is 0 Å². The molecule has 0 spiro atoms. The van der Waals surface area contributed by atoms with E-state index in [-0.39, 0.29) is 11.9 Å². The van der Waals surface area contributed by atoms with Crippen LogP contribution in [0, 0.1) is 0 Å². The SMILES string of the molecule is O=C1CCCC2=C1CCC(c1ccc(Cl)cc1)O2. The number of ketones is 1. The number of allylic oxidation sites excluding steroid dienone is 2. The van der Waals surface area contributed by atoms with Crippen LogP contribution in [-0.4, -0.2) is 5.78 Å². The minimum atomic E-state index is 0.0758. The van der Waals surface area contributed by atoms with Crippen LogP contribution in [0.25, 0.3) is 0 Å². The Balaban J connectivity index is 1.82. The third-order valence-electron chi connectivity index (χ3n) is 3.66. The molecular weight excluding hydrogens is 248 g/mol. The lowest BCUT2D eigenvalue weighted by Gasteiger charge is -2.30. The molecule has 0 N–H and O–H groups in total. The van der Waals surface area contributed by atoms with Crippen molar-refractivity contribution >= 4 is 17.4 Å². The summed E-state index contributed by atoms with van der Waals surface area (Å²) in [4.78, 5) is 11.8. The van der Waals surface area contributed by atoms with Gasteiger partial charge in [0.1, 0.15) is 11.9 Å². The molecule has 1 aliphatic heterocycles. The van der Waals surface area contributed by atoms with Crippen molar-refractivity contribution < 1.29 is 9.53 Å². The van der Waals surface area contributed by atoms with Crippen molar-refractivity contribution in [2.75, 3.05) is 0 Å². The predicted octanol–water partition coefficient (Wildman–Crippen LogP) is 4.20. The highest BCUT2D eigenvalue weighted by atomic mass is 35.5. The third-order valence-corrected chi connectivity index (χ3v) is 3.92. The molecule has 3 heteroatoms. The van der Waals surface area contributed by atoms with Gasteiger partial charge in [-0.15, -0.1) is 0 Å². The van der Waals surface area contributed by atoms with E-state index in [1.54, 1.807) is 0 Å². The molecule has 0 aromatic heterocycles. The van der Waals surface area contributed by atoms with E-state index in [4.69, 9.17) is 16.3 Å². The van der Waals surface area contributed by atoms with Gasteiger partial charge in [0.05, 0.1) is 0 Å². The van der Waals surface area contributed by atoms with Gasteiger partial charge in [-0.1, -0.05) is 23.7 Å². The quantitative estimate of drug-likeness (QED) is 0.758. The summed E-state index contributed by atoms with van der Waals surface area (Å²) < 4.78 is 6.00. The lowest BCUT2D eigenvalue weighted by Crippen LogP contribution is -2.20. The maximum absolute atomic E-state index is 11.8. The van der Waals surface area contributed by atoms with Crippen molar-refractivity contribution in [1.82, 2.24) is 0 Å². The van der Waals surface area contributed by atoms with Crippen LogP contribution in [0.3, 0.4) is 0 Å². The number of Topliss-reactive ketones (excluding diaryl/α,β-unsaturated/α-hetero) is 1. The fraction of sp³-hybridized carbons (Fsp3) is 0.400. The molecule has 1 aliphatic carbocycles. The molecule has 0 amide bonds. The number of rotatable bonds is 1. The van der Waals surface area contributed by atoms with Crippen LogP contribution in [0.5, 0.6) is 0 Å². The fourth-order valence-corrected chi connectivity index (χ4v) is 2.82. The molecule has 2 aliphatic rings. The maximum atomic E-state index is 11.8. The highest BCUT2D eigenvalue weighted by molar-refractivity contribution is 6.30. The lowest BCUT2D eigenvalue weighted by atomic mass is 9.88. The number of halogens is 1. The van der Waals surface area contributed by atoms with Gasteiger partial charge in [0.15, 0.2) is 5.78 Å². The second kappa shape index (κ2) is 4.77. The Hall–Kier alpha value is -1.28. The van der Waals surface area contributed by atoms with Crippen LogP contribution in [0.1, 0.15) is 43.8 Å². The molecule has 18 heavy (non-hydrogen) atoms. The maximum Gasteiger partial charge on any atom is 0.162 e. The Morgan fingerprint density at radius 1 is 1.11 bits per heavy atom. The highest BCUT2D eigenvalue weighted by Crippen LogP contribution is 2.38. The predicted molar refractivity (Wildman–Crippen MR) is 70.4 cm³/mol. The highest BCUT2D eigenvalue weighted by Gasteiger charge is 2.29. The first kappa shape index (κ1) is 11.8. The Labute approximate surface area is 112 Å². The van der Waals surface area contributed by atoms with E-state index in [2.05, 4.69) is 0 Å². The van der Waals surface area contributed by atoms with E-state index in [0.717, 1.165) is 47.6 Å². The Kier molecular flexibility index (Phi) is 3.13. The summed E-state index contributed by atoms with van der Waals surface area (Å²) in [6, 6.07) is 7.78. The van der Waals surface area contributed by atoms with Gasteiger partial charge >= 0.3 is 0 Å². The summed E-state index contributed by atoms with van der Waals surface area (Å²) in [7, 11) is 0. The van der Waals surface area contributed by atoms with E-state index < -0.39 is 0 Å². The Bertz CT molecular complexity index is 502. The van der Waals surface area contributed by atoms with Crippen molar-refractivity contribution in [3.05, 3.63) is 46.2 Å². The minimum absolute atomic E-state index is 0.0758. The average Bonchev–Trinajstić information content (AvgIpc) is 2.39. The molecule has 1 unspecified atom stereocenters. The number of ether oxygens (including phenoxy) is 1. The van der Waals surface area contributed by atoms with Gasteiger partial charge in [-0.2, -0.15) is 0 Å². The fourth-order valence-electron chi connectivity index (χ4n) is 2.69. The molecule has 0 saturated heterocycles. The summed E-state index contributed by atoms with van der Waals surface area (Å²) in [5.74, 6) is 1.21. The molecule has 2 nitrogen and oxygen atoms in total. The van der Waals surface area contributed by atoms with Gasteiger partial charge in [0, 0.05) is 23.4 Å². The molecule has 0 fully saturated rings. The standard InChI is InChI=1S/C15H15ClO2/c16-11-6-4-10(5-7-11)14-9-8-12-13(17)2-1-3-15(12)18-14/h4-7,14H,1-3,8-9H2. The number of hydrogen-bond donors (Lipinski definition) is 0. The Morgan fingerprint density at radius 3 is 2.67 bits per heavy atom. The monoisotopic (exact) mass is 262 g/mol. The van der Waals surface area contributed by atoms with Gasteiger partial charge in [-0.05, 0) is 37.0 Å². The van der Waals surface area contributed by atoms with Crippen molar-refractivity contribution in [3.8, 4) is 0 Å². The first-order valence-electron chi connectivity index (χ1n) is 6.41.